The number of benzene rings is 3. The van der Waals surface area contributed by atoms with Crippen molar-refractivity contribution in [2.45, 2.75) is 26.3 Å². The Kier molecular flexibility index (Phi) is 6.55. The summed E-state index contributed by atoms with van der Waals surface area (Å²) < 4.78 is 10.6. The summed E-state index contributed by atoms with van der Waals surface area (Å²) in [6, 6.07) is 21.5. The summed E-state index contributed by atoms with van der Waals surface area (Å²) in [4.78, 5) is 13.1. The molecular weight excluding hydrogens is 362 g/mol. The predicted octanol–water partition coefficient (Wildman–Crippen LogP) is 5.75. The van der Waals surface area contributed by atoms with Crippen LogP contribution in [-0.2, 0) is 0 Å². The number of ketones is 1. The second kappa shape index (κ2) is 9.28. The van der Waals surface area contributed by atoms with E-state index in [9.17, 15) is 4.79 Å². The maximum Gasteiger partial charge on any atom is 0.165 e. The number of methoxy groups -OCH3 is 2. The molecule has 0 aliphatic carbocycles. The van der Waals surface area contributed by atoms with Gasteiger partial charge in [0.15, 0.2) is 17.3 Å². The molecule has 0 fully saturated rings. The van der Waals surface area contributed by atoms with E-state index in [1.54, 1.807) is 32.4 Å². The first-order valence-electron chi connectivity index (χ1n) is 9.65. The van der Waals surface area contributed by atoms with Crippen LogP contribution in [0, 0.1) is 13.8 Å². The fourth-order valence-electron chi connectivity index (χ4n) is 3.28. The Hall–Kier alpha value is -3.27. The molecule has 0 saturated heterocycles. The van der Waals surface area contributed by atoms with Gasteiger partial charge >= 0.3 is 0 Å². The number of rotatable bonds is 8. The first-order valence-corrected chi connectivity index (χ1v) is 9.65. The van der Waals surface area contributed by atoms with Crippen LogP contribution in [0.3, 0.4) is 0 Å². The topological polar surface area (TPSA) is 47.6 Å². The number of hydrogen-bond acceptors (Lipinski definition) is 4. The molecule has 0 bridgehead atoms. The van der Waals surface area contributed by atoms with E-state index in [-0.39, 0.29) is 11.8 Å². The second-order valence-electron chi connectivity index (χ2n) is 7.10. The number of nitrogens with one attached hydrogen (secondary N) is 1. The Morgan fingerprint density at radius 1 is 0.862 bits per heavy atom. The quantitative estimate of drug-likeness (QED) is 0.499. The van der Waals surface area contributed by atoms with Gasteiger partial charge in [0, 0.05) is 17.7 Å². The molecule has 0 heterocycles. The maximum absolute atomic E-state index is 13.1. The van der Waals surface area contributed by atoms with E-state index in [1.165, 1.54) is 11.1 Å². The molecule has 3 aromatic rings. The number of Topliss-reactive ketones (excluding diaryl/α,β-unsaturated/α-hetero) is 1. The largest absolute Gasteiger partial charge is 0.493 e. The van der Waals surface area contributed by atoms with Crippen molar-refractivity contribution >= 4 is 11.5 Å². The normalized spacial score (nSPS) is 11.6. The average molecular weight is 389 g/mol. The van der Waals surface area contributed by atoms with Crippen molar-refractivity contribution in [3.05, 3.63) is 89.0 Å². The van der Waals surface area contributed by atoms with Gasteiger partial charge in [-0.25, -0.2) is 0 Å². The smallest absolute Gasteiger partial charge is 0.165 e. The van der Waals surface area contributed by atoms with E-state index in [0.717, 1.165) is 11.3 Å². The molecule has 0 aromatic heterocycles. The molecule has 0 radical (unpaired) electrons. The Morgan fingerprint density at radius 2 is 1.59 bits per heavy atom. The van der Waals surface area contributed by atoms with Gasteiger partial charge in [0.05, 0.1) is 20.3 Å². The van der Waals surface area contributed by atoms with Crippen molar-refractivity contribution in [2.24, 2.45) is 0 Å². The van der Waals surface area contributed by atoms with Gasteiger partial charge < -0.3 is 14.8 Å². The Bertz CT molecular complexity index is 983. The molecule has 3 aromatic carbocycles. The van der Waals surface area contributed by atoms with Crippen LogP contribution in [0.1, 0.15) is 39.5 Å². The molecule has 0 saturated carbocycles. The minimum Gasteiger partial charge on any atom is -0.493 e. The van der Waals surface area contributed by atoms with Gasteiger partial charge in [-0.2, -0.15) is 0 Å². The number of carbonyl (C=O) groups is 1. The third-order valence-electron chi connectivity index (χ3n) is 5.14. The van der Waals surface area contributed by atoms with Gasteiger partial charge in [0.25, 0.3) is 0 Å². The molecule has 4 heteroatoms. The Labute approximate surface area is 172 Å². The highest BCUT2D eigenvalue weighted by molar-refractivity contribution is 5.97. The summed E-state index contributed by atoms with van der Waals surface area (Å²) in [5, 5.41) is 3.54. The number of carbonyl (C=O) groups excluding carboxylic acids is 1. The minimum absolute atomic E-state index is 0.0381. The number of ether oxygens (including phenoxy) is 2. The van der Waals surface area contributed by atoms with Gasteiger partial charge in [0.1, 0.15) is 0 Å². The van der Waals surface area contributed by atoms with E-state index in [2.05, 4.69) is 37.4 Å². The molecule has 29 heavy (non-hydrogen) atoms. The Morgan fingerprint density at radius 3 is 2.24 bits per heavy atom. The lowest BCUT2D eigenvalue weighted by atomic mass is 9.97. The molecule has 1 atom stereocenters. The fourth-order valence-corrected chi connectivity index (χ4v) is 3.28. The van der Waals surface area contributed by atoms with Crippen LogP contribution in [0.15, 0.2) is 66.7 Å². The summed E-state index contributed by atoms with van der Waals surface area (Å²) in [6.07, 6.45) is 0.326. The zero-order chi connectivity index (χ0) is 20.8. The summed E-state index contributed by atoms with van der Waals surface area (Å²) in [5.41, 5.74) is 5.13. The SMILES string of the molecule is COc1ccc(C(=O)CC(Nc2ccc(C)c(C)c2)c2ccccc2)cc1OC. The molecule has 1 N–H and O–H groups in total. The van der Waals surface area contributed by atoms with Crippen molar-refractivity contribution in [3.8, 4) is 11.5 Å². The number of aryl methyl sites for hydroxylation is 2. The minimum atomic E-state index is -0.140. The first-order chi connectivity index (χ1) is 14.0. The van der Waals surface area contributed by atoms with Gasteiger partial charge in [-0.15, -0.1) is 0 Å². The third kappa shape index (κ3) is 4.96. The van der Waals surface area contributed by atoms with E-state index in [0.29, 0.717) is 23.5 Å². The summed E-state index contributed by atoms with van der Waals surface area (Å²) in [5.74, 6) is 1.20. The first kappa shape index (κ1) is 20.5. The molecule has 0 aliphatic rings. The molecule has 3 rings (SSSR count). The molecule has 150 valence electrons. The van der Waals surface area contributed by atoms with E-state index in [4.69, 9.17) is 9.47 Å². The van der Waals surface area contributed by atoms with Crippen molar-refractivity contribution in [3.63, 3.8) is 0 Å². The van der Waals surface area contributed by atoms with E-state index >= 15 is 0 Å². The fraction of sp³-hybridized carbons (Fsp3) is 0.240. The van der Waals surface area contributed by atoms with Crippen molar-refractivity contribution in [2.75, 3.05) is 19.5 Å². The standard InChI is InChI=1S/C25H27NO3/c1-17-10-12-21(14-18(17)2)26-22(19-8-6-5-7-9-19)16-23(27)20-11-13-24(28-3)25(15-20)29-4/h5-15,22,26H,16H2,1-4H3. The van der Waals surface area contributed by atoms with Crippen LogP contribution >= 0.6 is 0 Å². The monoisotopic (exact) mass is 389 g/mol. The highest BCUT2D eigenvalue weighted by Gasteiger charge is 2.19. The molecule has 1 unspecified atom stereocenters. The zero-order valence-corrected chi connectivity index (χ0v) is 17.4. The molecule has 4 nitrogen and oxygen atoms in total. The van der Waals surface area contributed by atoms with Crippen molar-refractivity contribution in [1.29, 1.82) is 0 Å². The van der Waals surface area contributed by atoms with Gasteiger partial charge in [-0.05, 0) is 60.9 Å². The second-order valence-corrected chi connectivity index (χ2v) is 7.10. The highest BCUT2D eigenvalue weighted by atomic mass is 16.5. The average Bonchev–Trinajstić information content (AvgIpc) is 2.75. The van der Waals surface area contributed by atoms with E-state index in [1.807, 2.05) is 30.3 Å². The van der Waals surface area contributed by atoms with Crippen LogP contribution in [0.2, 0.25) is 0 Å². The highest BCUT2D eigenvalue weighted by Crippen LogP contribution is 2.30. The van der Waals surface area contributed by atoms with E-state index < -0.39 is 0 Å². The van der Waals surface area contributed by atoms with Crippen LogP contribution < -0.4 is 14.8 Å². The van der Waals surface area contributed by atoms with Gasteiger partial charge in [-0.1, -0.05) is 36.4 Å². The molecule has 0 aliphatic heterocycles. The zero-order valence-electron chi connectivity index (χ0n) is 17.4. The van der Waals surface area contributed by atoms with Crippen molar-refractivity contribution in [1.82, 2.24) is 0 Å². The predicted molar refractivity (Wildman–Crippen MR) is 117 cm³/mol. The van der Waals surface area contributed by atoms with Gasteiger partial charge in [0.2, 0.25) is 0 Å². The van der Waals surface area contributed by atoms with Crippen LogP contribution in [-0.4, -0.2) is 20.0 Å². The third-order valence-corrected chi connectivity index (χ3v) is 5.14. The van der Waals surface area contributed by atoms with Crippen LogP contribution in [0.25, 0.3) is 0 Å². The molecule has 0 spiro atoms. The lowest BCUT2D eigenvalue weighted by Gasteiger charge is -2.21. The summed E-state index contributed by atoms with van der Waals surface area (Å²) >= 11 is 0. The van der Waals surface area contributed by atoms with Crippen LogP contribution in [0.4, 0.5) is 5.69 Å². The maximum atomic E-state index is 13.1. The van der Waals surface area contributed by atoms with Gasteiger partial charge in [-0.3, -0.25) is 4.79 Å². The summed E-state index contributed by atoms with van der Waals surface area (Å²) in [7, 11) is 3.15. The number of anilines is 1. The summed E-state index contributed by atoms with van der Waals surface area (Å²) in [6.45, 7) is 4.18. The lowest BCUT2D eigenvalue weighted by Crippen LogP contribution is -2.16. The van der Waals surface area contributed by atoms with Crippen LogP contribution in [0.5, 0.6) is 11.5 Å². The molecule has 0 amide bonds. The lowest BCUT2D eigenvalue weighted by molar-refractivity contribution is 0.0976. The molecular formula is C25H27NO3. The Balaban J connectivity index is 1.87. The number of hydrogen-bond donors (Lipinski definition) is 1. The van der Waals surface area contributed by atoms with Crippen molar-refractivity contribution < 1.29 is 14.3 Å².